The molecular weight excluding hydrogens is 368 g/mol. The zero-order chi connectivity index (χ0) is 20.6. The highest BCUT2D eigenvalue weighted by molar-refractivity contribution is 5.94. The van der Waals surface area contributed by atoms with Gasteiger partial charge in [-0.1, -0.05) is 25.0 Å². The lowest BCUT2D eigenvalue weighted by atomic mass is 10.1. The van der Waals surface area contributed by atoms with Crippen LogP contribution in [0.2, 0.25) is 0 Å². The molecule has 1 heterocycles. The number of hydrogen-bond acceptors (Lipinski definition) is 4. The van der Waals surface area contributed by atoms with E-state index < -0.39 is 0 Å². The molecule has 158 valence electrons. The first-order valence-electron chi connectivity index (χ1n) is 10.7. The van der Waals surface area contributed by atoms with Crippen molar-refractivity contribution in [3.05, 3.63) is 35.4 Å². The van der Waals surface area contributed by atoms with Crippen molar-refractivity contribution in [3.63, 3.8) is 0 Å². The predicted molar refractivity (Wildman–Crippen MR) is 111 cm³/mol. The first kappa shape index (κ1) is 21.3. The Kier molecular flexibility index (Phi) is 7.63. The SMILES string of the molecule is CC(=O)NCc1ccc(C(=O)NCCN2CCN(C(=O)C3CCCC3)CC2)cc1. The normalized spacial score (nSPS) is 17.9. The van der Waals surface area contributed by atoms with Gasteiger partial charge in [-0.25, -0.2) is 0 Å². The van der Waals surface area contributed by atoms with Gasteiger partial charge in [-0.3, -0.25) is 19.3 Å². The van der Waals surface area contributed by atoms with Crippen LogP contribution in [0, 0.1) is 5.92 Å². The van der Waals surface area contributed by atoms with Crippen molar-refractivity contribution in [2.45, 2.75) is 39.2 Å². The molecule has 2 aliphatic rings. The van der Waals surface area contributed by atoms with Gasteiger partial charge < -0.3 is 15.5 Å². The Bertz CT molecular complexity index is 705. The van der Waals surface area contributed by atoms with E-state index in [-0.39, 0.29) is 17.7 Å². The smallest absolute Gasteiger partial charge is 0.251 e. The van der Waals surface area contributed by atoms with E-state index in [1.165, 1.54) is 19.8 Å². The Hall–Kier alpha value is -2.41. The van der Waals surface area contributed by atoms with Crippen LogP contribution < -0.4 is 10.6 Å². The Morgan fingerprint density at radius 1 is 0.966 bits per heavy atom. The highest BCUT2D eigenvalue weighted by Gasteiger charge is 2.29. The van der Waals surface area contributed by atoms with Gasteiger partial charge in [0.25, 0.3) is 5.91 Å². The van der Waals surface area contributed by atoms with Gasteiger partial charge in [-0.05, 0) is 30.5 Å². The molecule has 1 aliphatic carbocycles. The van der Waals surface area contributed by atoms with E-state index in [0.717, 1.165) is 51.1 Å². The molecule has 2 N–H and O–H groups in total. The minimum atomic E-state index is -0.0916. The quantitative estimate of drug-likeness (QED) is 0.725. The zero-order valence-electron chi connectivity index (χ0n) is 17.3. The number of nitrogens with one attached hydrogen (secondary N) is 2. The number of rotatable bonds is 7. The van der Waals surface area contributed by atoms with Crippen LogP contribution in [-0.4, -0.2) is 66.8 Å². The highest BCUT2D eigenvalue weighted by Crippen LogP contribution is 2.26. The van der Waals surface area contributed by atoms with E-state index in [0.29, 0.717) is 24.6 Å². The highest BCUT2D eigenvalue weighted by atomic mass is 16.2. The minimum Gasteiger partial charge on any atom is -0.352 e. The maximum Gasteiger partial charge on any atom is 0.251 e. The van der Waals surface area contributed by atoms with Crippen molar-refractivity contribution in [2.24, 2.45) is 5.92 Å². The molecule has 7 heteroatoms. The summed E-state index contributed by atoms with van der Waals surface area (Å²) in [7, 11) is 0. The van der Waals surface area contributed by atoms with E-state index in [4.69, 9.17) is 0 Å². The third kappa shape index (κ3) is 6.29. The molecule has 1 saturated heterocycles. The van der Waals surface area contributed by atoms with E-state index in [1.54, 1.807) is 12.1 Å². The average molecular weight is 401 g/mol. The Morgan fingerprint density at radius 3 is 2.24 bits per heavy atom. The molecule has 0 atom stereocenters. The summed E-state index contributed by atoms with van der Waals surface area (Å²) in [6.07, 6.45) is 4.49. The van der Waals surface area contributed by atoms with Gasteiger partial charge in [-0.2, -0.15) is 0 Å². The summed E-state index contributed by atoms with van der Waals surface area (Å²) in [5.74, 6) is 0.435. The summed E-state index contributed by atoms with van der Waals surface area (Å²) in [6, 6.07) is 7.26. The number of carbonyl (C=O) groups is 3. The standard InChI is InChI=1S/C22H32N4O3/c1-17(27)24-16-18-6-8-19(9-7-18)21(28)23-10-11-25-12-14-26(15-13-25)22(29)20-4-2-3-5-20/h6-9,20H,2-5,10-16H2,1H3,(H,23,28)(H,24,27). The molecule has 1 aromatic rings. The van der Waals surface area contributed by atoms with Crippen LogP contribution in [0.4, 0.5) is 0 Å². The fourth-order valence-corrected chi connectivity index (χ4v) is 4.05. The number of nitrogens with zero attached hydrogens (tertiary/aromatic N) is 2. The molecule has 0 aromatic heterocycles. The van der Waals surface area contributed by atoms with E-state index in [2.05, 4.69) is 15.5 Å². The second kappa shape index (κ2) is 10.4. The van der Waals surface area contributed by atoms with Crippen molar-refractivity contribution in [3.8, 4) is 0 Å². The van der Waals surface area contributed by atoms with Crippen molar-refractivity contribution >= 4 is 17.7 Å². The molecule has 3 amide bonds. The van der Waals surface area contributed by atoms with Gasteiger partial charge >= 0.3 is 0 Å². The number of benzene rings is 1. The molecule has 0 radical (unpaired) electrons. The summed E-state index contributed by atoms with van der Waals surface area (Å²) in [4.78, 5) is 40.1. The topological polar surface area (TPSA) is 81.8 Å². The molecule has 3 rings (SSSR count). The fraction of sp³-hybridized carbons (Fsp3) is 0.591. The number of hydrogen-bond donors (Lipinski definition) is 2. The van der Waals surface area contributed by atoms with Gasteiger partial charge in [0.15, 0.2) is 0 Å². The second-order valence-corrected chi connectivity index (χ2v) is 8.01. The molecule has 0 bridgehead atoms. The Labute approximate surface area is 172 Å². The summed E-state index contributed by atoms with van der Waals surface area (Å²) < 4.78 is 0. The van der Waals surface area contributed by atoms with Gasteiger partial charge in [0.05, 0.1) is 0 Å². The van der Waals surface area contributed by atoms with Gasteiger partial charge in [0.2, 0.25) is 11.8 Å². The van der Waals surface area contributed by atoms with Crippen LogP contribution in [-0.2, 0) is 16.1 Å². The zero-order valence-corrected chi connectivity index (χ0v) is 17.3. The van der Waals surface area contributed by atoms with Crippen LogP contribution in [0.1, 0.15) is 48.5 Å². The molecule has 1 aliphatic heterocycles. The van der Waals surface area contributed by atoms with Gasteiger partial charge in [0, 0.05) is 64.2 Å². The van der Waals surface area contributed by atoms with Crippen LogP contribution in [0.25, 0.3) is 0 Å². The van der Waals surface area contributed by atoms with Crippen molar-refractivity contribution in [1.82, 2.24) is 20.4 Å². The van der Waals surface area contributed by atoms with Crippen LogP contribution in [0.15, 0.2) is 24.3 Å². The lowest BCUT2D eigenvalue weighted by Crippen LogP contribution is -2.51. The first-order chi connectivity index (χ1) is 14.0. The number of piperazine rings is 1. The van der Waals surface area contributed by atoms with Gasteiger partial charge in [0.1, 0.15) is 0 Å². The fourth-order valence-electron chi connectivity index (χ4n) is 4.05. The molecule has 2 fully saturated rings. The Morgan fingerprint density at radius 2 is 1.62 bits per heavy atom. The van der Waals surface area contributed by atoms with Crippen molar-refractivity contribution in [2.75, 3.05) is 39.3 Å². The molecule has 29 heavy (non-hydrogen) atoms. The molecule has 1 saturated carbocycles. The monoisotopic (exact) mass is 400 g/mol. The predicted octanol–water partition coefficient (Wildman–Crippen LogP) is 1.39. The van der Waals surface area contributed by atoms with Crippen molar-refractivity contribution < 1.29 is 14.4 Å². The summed E-state index contributed by atoms with van der Waals surface area (Å²) in [6.45, 7) is 6.64. The second-order valence-electron chi connectivity index (χ2n) is 8.01. The third-order valence-electron chi connectivity index (χ3n) is 5.86. The van der Waals surface area contributed by atoms with E-state index in [9.17, 15) is 14.4 Å². The molecule has 1 aromatic carbocycles. The van der Waals surface area contributed by atoms with Crippen LogP contribution in [0.3, 0.4) is 0 Å². The number of amides is 3. The molecular formula is C22H32N4O3. The molecule has 7 nitrogen and oxygen atoms in total. The van der Waals surface area contributed by atoms with Crippen LogP contribution >= 0.6 is 0 Å². The Balaban J connectivity index is 1.34. The number of carbonyl (C=O) groups excluding carboxylic acids is 3. The summed E-state index contributed by atoms with van der Waals surface area (Å²) in [5, 5.41) is 5.70. The van der Waals surface area contributed by atoms with Crippen LogP contribution in [0.5, 0.6) is 0 Å². The van der Waals surface area contributed by atoms with Gasteiger partial charge in [-0.15, -0.1) is 0 Å². The average Bonchev–Trinajstić information content (AvgIpc) is 3.27. The minimum absolute atomic E-state index is 0.0736. The maximum atomic E-state index is 12.5. The third-order valence-corrected chi connectivity index (χ3v) is 5.86. The maximum absolute atomic E-state index is 12.5. The summed E-state index contributed by atoms with van der Waals surface area (Å²) in [5.41, 5.74) is 1.57. The lowest BCUT2D eigenvalue weighted by molar-refractivity contribution is -0.137. The van der Waals surface area contributed by atoms with E-state index in [1.807, 2.05) is 17.0 Å². The first-order valence-corrected chi connectivity index (χ1v) is 10.7. The largest absolute Gasteiger partial charge is 0.352 e. The van der Waals surface area contributed by atoms with Crippen molar-refractivity contribution in [1.29, 1.82) is 0 Å². The molecule has 0 spiro atoms. The lowest BCUT2D eigenvalue weighted by Gasteiger charge is -2.36. The summed E-state index contributed by atoms with van der Waals surface area (Å²) >= 11 is 0. The molecule has 0 unspecified atom stereocenters. The van der Waals surface area contributed by atoms with E-state index >= 15 is 0 Å².